The lowest BCUT2D eigenvalue weighted by atomic mass is 10.1. The van der Waals surface area contributed by atoms with Crippen molar-refractivity contribution in [2.75, 3.05) is 67.6 Å². The second-order valence-corrected chi connectivity index (χ2v) is 20.0. The predicted molar refractivity (Wildman–Crippen MR) is 308 cm³/mol. The molecule has 3 heterocycles. The van der Waals surface area contributed by atoms with Gasteiger partial charge in [-0.1, -0.05) is 36.4 Å². The summed E-state index contributed by atoms with van der Waals surface area (Å²) in [6.45, 7) is -0.0531. The summed E-state index contributed by atoms with van der Waals surface area (Å²) in [5.74, 6) is -0.744. The fourth-order valence-corrected chi connectivity index (χ4v) is 8.07. The van der Waals surface area contributed by atoms with Crippen molar-refractivity contribution in [2.45, 2.75) is 0 Å². The van der Waals surface area contributed by atoms with Crippen molar-refractivity contribution in [3.05, 3.63) is 215 Å². The Morgan fingerprint density at radius 2 is 0.904 bits per heavy atom. The van der Waals surface area contributed by atoms with Crippen LogP contribution in [-0.4, -0.2) is 118 Å². The van der Waals surface area contributed by atoms with Crippen molar-refractivity contribution in [1.82, 2.24) is 34.7 Å². The number of nitrogens with zero attached hydrogens (tertiary/aromatic N) is 6. The van der Waals surface area contributed by atoms with E-state index in [-0.39, 0.29) is 68.7 Å². The second kappa shape index (κ2) is 28.9. The first-order chi connectivity index (χ1) is 39.9. The van der Waals surface area contributed by atoms with Gasteiger partial charge in [0.05, 0.1) is 71.3 Å². The van der Waals surface area contributed by atoms with Gasteiger partial charge in [-0.2, -0.15) is 27.1 Å². The zero-order valence-corrected chi connectivity index (χ0v) is 46.0. The number of nitrogen functional groups attached to an aromatic ring is 3. The number of amides is 1. The van der Waals surface area contributed by atoms with Crippen LogP contribution in [0.25, 0.3) is 17.1 Å². The number of hydrogen-bond acceptors (Lipinski definition) is 16. The molecule has 1 amide bonds. The number of ether oxygens (including phenoxy) is 3. The number of aromatic nitrogens is 6. The van der Waals surface area contributed by atoms with E-state index in [1.165, 1.54) is 99.4 Å². The molecule has 6 aromatic carbocycles. The molecular weight excluding hydrogens is 1120 g/mol. The number of nitrogens with two attached hydrogens (primary N) is 3. The number of halogens is 3. The molecule has 0 bridgehead atoms. The summed E-state index contributed by atoms with van der Waals surface area (Å²) in [5, 5.41) is 23.1. The van der Waals surface area contributed by atoms with Gasteiger partial charge in [0, 0.05) is 39.5 Å². The van der Waals surface area contributed by atoms with Crippen LogP contribution in [0, 0.1) is 17.5 Å². The summed E-state index contributed by atoms with van der Waals surface area (Å²) in [5.41, 5.74) is 21.7. The number of carbonyl (C=O) groups is 5. The third kappa shape index (κ3) is 16.5. The minimum Gasteiger partial charge on any atom is -0.493 e. The summed E-state index contributed by atoms with van der Waals surface area (Å²) in [4.78, 5) is 60.4. The van der Waals surface area contributed by atoms with Gasteiger partial charge in [0.2, 0.25) is 0 Å². The topological polar surface area (TPSA) is 294 Å². The third-order valence-corrected chi connectivity index (χ3v) is 13.0. The van der Waals surface area contributed by atoms with Gasteiger partial charge >= 0.3 is 5.97 Å². The van der Waals surface area contributed by atoms with Crippen LogP contribution in [0.1, 0.15) is 47.8 Å². The van der Waals surface area contributed by atoms with Gasteiger partial charge in [-0.15, -0.1) is 0 Å². The lowest BCUT2D eigenvalue weighted by Crippen LogP contribution is -2.33. The molecule has 0 spiro atoms. The molecule has 0 aliphatic heterocycles. The first-order valence-corrected chi connectivity index (χ1v) is 27.9. The lowest BCUT2D eigenvalue weighted by molar-refractivity contribution is -0.138. The Bertz CT molecular complexity index is 3760. The number of anilines is 3. The van der Waals surface area contributed by atoms with Crippen LogP contribution in [0.5, 0.6) is 17.2 Å². The average molecular weight is 1170 g/mol. The molecule has 9 aromatic rings. The minimum atomic E-state index is -1.17. The van der Waals surface area contributed by atoms with Crippen molar-refractivity contribution < 1.29 is 60.7 Å². The van der Waals surface area contributed by atoms with Crippen molar-refractivity contribution in [2.24, 2.45) is 0 Å². The SMILES string of the molecule is CS(=O)CCOc1cccc(C(=O)c2cnn(-c3ccc(F)cc3)c2N)c1.CSCCOc1cccc(C(=O)c2cnn(-c3ccc(F)cc3)c2N)c1.Nc1c(C(=O)c2cccc(OCC(=O)NCC(=O)O)c2)cnn1-c1ccc(F)cc1. The minimum absolute atomic E-state index is 0.0889. The number of carboxylic acids is 1. The summed E-state index contributed by atoms with van der Waals surface area (Å²) in [6, 6.07) is 36.6. The first kappa shape index (κ1) is 60.6. The summed E-state index contributed by atoms with van der Waals surface area (Å²) in [6.07, 6.45) is 7.72. The summed E-state index contributed by atoms with van der Waals surface area (Å²) >= 11 is 1.69. The maximum absolute atomic E-state index is 13.1. The Morgan fingerprint density at radius 1 is 0.554 bits per heavy atom. The number of thioether (sulfide) groups is 1. The number of aliphatic carboxylic acids is 1. The monoisotopic (exact) mass is 1170 g/mol. The lowest BCUT2D eigenvalue weighted by Gasteiger charge is -2.08. The van der Waals surface area contributed by atoms with Gasteiger partial charge in [0.1, 0.15) is 58.7 Å². The third-order valence-electron chi connectivity index (χ3n) is 11.7. The Kier molecular flexibility index (Phi) is 21.1. The van der Waals surface area contributed by atoms with E-state index in [9.17, 15) is 41.4 Å². The van der Waals surface area contributed by atoms with Crippen molar-refractivity contribution in [3.8, 4) is 34.3 Å². The van der Waals surface area contributed by atoms with Gasteiger partial charge < -0.3 is 41.8 Å². The van der Waals surface area contributed by atoms with Gasteiger partial charge in [0.25, 0.3) is 5.91 Å². The molecule has 9 rings (SSSR count). The maximum atomic E-state index is 13.1. The van der Waals surface area contributed by atoms with Gasteiger partial charge in [-0.25, -0.2) is 27.2 Å². The van der Waals surface area contributed by atoms with Crippen LogP contribution < -0.4 is 36.7 Å². The highest BCUT2D eigenvalue weighted by atomic mass is 32.2. The zero-order chi connectivity index (χ0) is 59.6. The van der Waals surface area contributed by atoms with Crippen LogP contribution in [0.15, 0.2) is 164 Å². The fourth-order valence-electron chi connectivity index (χ4n) is 7.50. The van der Waals surface area contributed by atoms with Gasteiger partial charge in [0.15, 0.2) is 24.0 Å². The number of carboxylic acid groups (broad SMARTS) is 1. The zero-order valence-electron chi connectivity index (χ0n) is 44.3. The molecule has 83 heavy (non-hydrogen) atoms. The number of hydrogen-bond donors (Lipinski definition) is 5. The summed E-state index contributed by atoms with van der Waals surface area (Å²) in [7, 11) is -0.946. The second-order valence-electron chi connectivity index (χ2n) is 17.5. The normalized spacial score (nSPS) is 11.0. The van der Waals surface area contributed by atoms with Crippen molar-refractivity contribution >= 4 is 69.2 Å². The Balaban J connectivity index is 0.000000179. The fraction of sp³-hybridized carbons (Fsp3) is 0.138. The van der Waals surface area contributed by atoms with E-state index in [0.29, 0.717) is 58.7 Å². The molecule has 0 saturated heterocycles. The molecule has 0 aliphatic rings. The van der Waals surface area contributed by atoms with E-state index < -0.39 is 47.4 Å². The Hall–Kier alpha value is -10.0. The molecule has 25 heteroatoms. The quantitative estimate of drug-likeness (QED) is 0.0323. The molecular formula is C58H53F3N10O10S2. The van der Waals surface area contributed by atoms with Crippen molar-refractivity contribution in [3.63, 3.8) is 0 Å². The number of benzene rings is 6. The molecule has 3 aromatic heterocycles. The summed E-state index contributed by atoms with van der Waals surface area (Å²) < 4.78 is 70.9. The standard InChI is InChI=1S/C20H17FN4O5.C19H18FN3O3S.C19H18FN3O2S/c21-13-4-6-14(7-5-13)25-20(22)16(9-24-25)19(29)12-2-1-3-15(8-12)30-11-17(26)23-10-18(27)28;1-27(25)10-9-26-16-4-2-3-13(11-16)18(24)17-12-22-23(19(17)21)15-7-5-14(20)6-8-15;1-26-10-9-25-16-4-2-3-13(11-16)18(24)17-12-22-23(19(17)21)15-7-5-14(20)6-8-15/h1-9H,10-11,22H2,(H,23,26)(H,27,28);2-8,11-12H,9-10,21H2,1H3;2-8,11-12H,9-10,21H2,1H3. The molecule has 428 valence electrons. The number of ketones is 3. The highest BCUT2D eigenvalue weighted by Crippen LogP contribution is 2.26. The van der Waals surface area contributed by atoms with Crippen LogP contribution in [0.3, 0.4) is 0 Å². The van der Waals surface area contributed by atoms with E-state index in [1.807, 2.05) is 12.3 Å². The van der Waals surface area contributed by atoms with Crippen LogP contribution in [0.4, 0.5) is 30.6 Å². The maximum Gasteiger partial charge on any atom is 0.322 e. The van der Waals surface area contributed by atoms with E-state index in [2.05, 4.69) is 20.6 Å². The molecule has 20 nitrogen and oxygen atoms in total. The molecule has 0 aliphatic carbocycles. The van der Waals surface area contributed by atoms with Gasteiger partial charge in [-0.05, 0) is 115 Å². The highest BCUT2D eigenvalue weighted by molar-refractivity contribution is 7.98. The number of rotatable bonds is 22. The largest absolute Gasteiger partial charge is 0.493 e. The average Bonchev–Trinajstić information content (AvgIpc) is 4.37. The molecule has 1 atom stereocenters. The van der Waals surface area contributed by atoms with Gasteiger partial charge in [-0.3, -0.25) is 28.2 Å². The highest BCUT2D eigenvalue weighted by Gasteiger charge is 2.22. The molecule has 1 unspecified atom stereocenters. The number of nitrogens with one attached hydrogen (secondary N) is 1. The van der Waals surface area contributed by atoms with E-state index in [1.54, 1.807) is 90.8 Å². The Morgan fingerprint density at radius 3 is 1.24 bits per heavy atom. The van der Waals surface area contributed by atoms with Crippen molar-refractivity contribution in [1.29, 1.82) is 0 Å². The first-order valence-electron chi connectivity index (χ1n) is 24.8. The smallest absolute Gasteiger partial charge is 0.322 e. The molecule has 0 radical (unpaired) electrons. The van der Waals surface area contributed by atoms with E-state index >= 15 is 0 Å². The predicted octanol–water partition coefficient (Wildman–Crippen LogP) is 7.55. The van der Waals surface area contributed by atoms with Crippen LogP contribution in [-0.2, 0) is 20.4 Å². The van der Waals surface area contributed by atoms with Crippen LogP contribution in [0.2, 0.25) is 0 Å². The van der Waals surface area contributed by atoms with E-state index in [0.717, 1.165) is 5.75 Å². The molecule has 0 saturated carbocycles. The molecule has 0 fully saturated rings. The van der Waals surface area contributed by atoms with E-state index in [4.69, 9.17) is 36.5 Å². The number of carbonyl (C=O) groups excluding carboxylic acids is 4. The molecule has 8 N–H and O–H groups in total. The van der Waals surface area contributed by atoms with Crippen LogP contribution >= 0.6 is 11.8 Å². The Labute approximate surface area is 479 Å².